The first-order valence-electron chi connectivity index (χ1n) is 8.31. The van der Waals surface area contributed by atoms with Gasteiger partial charge in [0.15, 0.2) is 0 Å². The fraction of sp³-hybridized carbons (Fsp3) is 0.150. The van der Waals surface area contributed by atoms with E-state index in [9.17, 15) is 4.79 Å². The summed E-state index contributed by atoms with van der Waals surface area (Å²) in [6.07, 6.45) is 1.57. The summed E-state index contributed by atoms with van der Waals surface area (Å²) in [6.45, 7) is 4.48. The Morgan fingerprint density at radius 3 is 2.69 bits per heavy atom. The Balaban J connectivity index is 1.85. The van der Waals surface area contributed by atoms with E-state index < -0.39 is 0 Å². The average Bonchev–Trinajstić information content (AvgIpc) is 2.62. The van der Waals surface area contributed by atoms with Crippen LogP contribution in [0.4, 0.5) is 17.3 Å². The van der Waals surface area contributed by atoms with Crippen LogP contribution in [0.15, 0.2) is 60.8 Å². The summed E-state index contributed by atoms with van der Waals surface area (Å²) in [7, 11) is 0. The molecule has 0 aliphatic carbocycles. The Morgan fingerprint density at radius 1 is 1.15 bits per heavy atom. The molecule has 132 valence electrons. The van der Waals surface area contributed by atoms with Gasteiger partial charge in [-0.2, -0.15) is 0 Å². The molecule has 1 amide bonds. The zero-order valence-electron chi connectivity index (χ0n) is 14.6. The molecule has 5 nitrogen and oxygen atoms in total. The number of anilines is 3. The highest BCUT2D eigenvalue weighted by molar-refractivity contribution is 6.30. The molecule has 0 atom stereocenters. The van der Waals surface area contributed by atoms with Crippen LogP contribution in [0.2, 0.25) is 5.02 Å². The number of amides is 1. The van der Waals surface area contributed by atoms with Crippen LogP contribution in [0.5, 0.6) is 0 Å². The van der Waals surface area contributed by atoms with Crippen LogP contribution in [-0.2, 0) is 0 Å². The van der Waals surface area contributed by atoms with Crippen molar-refractivity contribution >= 4 is 34.8 Å². The van der Waals surface area contributed by atoms with E-state index in [1.54, 1.807) is 29.3 Å². The van der Waals surface area contributed by atoms with Crippen molar-refractivity contribution in [2.75, 3.05) is 16.8 Å². The highest BCUT2D eigenvalue weighted by Gasteiger charge is 2.18. The quantitative estimate of drug-likeness (QED) is 0.701. The minimum absolute atomic E-state index is 0.172. The van der Waals surface area contributed by atoms with E-state index >= 15 is 0 Å². The van der Waals surface area contributed by atoms with Crippen LogP contribution in [0.3, 0.4) is 0 Å². The maximum absolute atomic E-state index is 12.9. The lowest BCUT2D eigenvalue weighted by atomic mass is 10.2. The van der Waals surface area contributed by atoms with Crippen LogP contribution in [0.25, 0.3) is 0 Å². The van der Waals surface area contributed by atoms with Gasteiger partial charge in [0.2, 0.25) is 5.95 Å². The minimum Gasteiger partial charge on any atom is -0.324 e. The second-order valence-corrected chi connectivity index (χ2v) is 6.23. The molecule has 0 saturated carbocycles. The third-order valence-electron chi connectivity index (χ3n) is 3.83. The van der Waals surface area contributed by atoms with E-state index in [0.29, 0.717) is 23.2 Å². The molecular weight excluding hydrogens is 348 g/mol. The van der Waals surface area contributed by atoms with Crippen LogP contribution in [0.1, 0.15) is 23.0 Å². The van der Waals surface area contributed by atoms with E-state index in [1.807, 2.05) is 50.2 Å². The largest absolute Gasteiger partial charge is 0.324 e. The summed E-state index contributed by atoms with van der Waals surface area (Å²) in [4.78, 5) is 23.2. The number of rotatable bonds is 5. The predicted octanol–water partition coefficient (Wildman–Crippen LogP) is 4.85. The lowest BCUT2D eigenvalue weighted by molar-refractivity contribution is 0.0983. The van der Waals surface area contributed by atoms with Gasteiger partial charge in [-0.3, -0.25) is 4.79 Å². The molecule has 0 fully saturated rings. The second kappa shape index (κ2) is 7.97. The molecule has 0 unspecified atom stereocenters. The molecule has 3 rings (SSSR count). The van der Waals surface area contributed by atoms with Crippen LogP contribution < -0.4 is 10.2 Å². The highest BCUT2D eigenvalue weighted by atomic mass is 35.5. The maximum Gasteiger partial charge on any atom is 0.277 e. The van der Waals surface area contributed by atoms with Gasteiger partial charge in [0.1, 0.15) is 5.69 Å². The van der Waals surface area contributed by atoms with Crippen molar-refractivity contribution in [1.29, 1.82) is 0 Å². The predicted molar refractivity (Wildman–Crippen MR) is 105 cm³/mol. The molecule has 3 aromatic rings. The zero-order chi connectivity index (χ0) is 18.5. The monoisotopic (exact) mass is 366 g/mol. The summed E-state index contributed by atoms with van der Waals surface area (Å²) in [5, 5.41) is 3.68. The van der Waals surface area contributed by atoms with Crippen molar-refractivity contribution in [2.24, 2.45) is 0 Å². The van der Waals surface area contributed by atoms with Gasteiger partial charge in [0.25, 0.3) is 5.91 Å². The lowest BCUT2D eigenvalue weighted by Crippen LogP contribution is -2.31. The Hall–Kier alpha value is -2.92. The molecule has 1 heterocycles. The summed E-state index contributed by atoms with van der Waals surface area (Å²) in [6, 6.07) is 16.7. The number of aromatic nitrogens is 2. The van der Waals surface area contributed by atoms with E-state index in [-0.39, 0.29) is 5.91 Å². The van der Waals surface area contributed by atoms with Gasteiger partial charge in [0.05, 0.1) is 0 Å². The first-order chi connectivity index (χ1) is 12.6. The van der Waals surface area contributed by atoms with Crippen molar-refractivity contribution in [3.8, 4) is 0 Å². The van der Waals surface area contributed by atoms with Crippen molar-refractivity contribution in [3.63, 3.8) is 0 Å². The summed E-state index contributed by atoms with van der Waals surface area (Å²) >= 11 is 5.99. The number of carbonyl (C=O) groups excluding carboxylic acids is 1. The number of nitrogens with zero attached hydrogens (tertiary/aromatic N) is 3. The molecule has 1 aromatic heterocycles. The summed E-state index contributed by atoms with van der Waals surface area (Å²) < 4.78 is 0. The molecule has 0 saturated heterocycles. The molecule has 6 heteroatoms. The van der Waals surface area contributed by atoms with Gasteiger partial charge in [-0.1, -0.05) is 29.8 Å². The fourth-order valence-electron chi connectivity index (χ4n) is 2.61. The number of hydrogen-bond donors (Lipinski definition) is 1. The van der Waals surface area contributed by atoms with Crippen molar-refractivity contribution in [2.45, 2.75) is 13.8 Å². The molecule has 0 aliphatic rings. The third kappa shape index (κ3) is 4.18. The van der Waals surface area contributed by atoms with Crippen molar-refractivity contribution < 1.29 is 4.79 Å². The molecule has 0 bridgehead atoms. The molecule has 2 aromatic carbocycles. The van der Waals surface area contributed by atoms with Crippen molar-refractivity contribution in [3.05, 3.63) is 77.1 Å². The number of hydrogen-bond acceptors (Lipinski definition) is 4. The van der Waals surface area contributed by atoms with E-state index in [4.69, 9.17) is 11.6 Å². The van der Waals surface area contributed by atoms with E-state index in [1.165, 1.54) is 0 Å². The normalized spacial score (nSPS) is 10.4. The SMILES string of the molecule is CCN(C(=O)c1ccnc(Nc2cccc(Cl)c2)n1)c1cccc(C)c1. The van der Waals surface area contributed by atoms with Gasteiger partial charge in [0, 0.05) is 29.1 Å². The second-order valence-electron chi connectivity index (χ2n) is 5.79. The number of carbonyl (C=O) groups is 1. The fourth-order valence-corrected chi connectivity index (χ4v) is 2.80. The van der Waals surface area contributed by atoms with Gasteiger partial charge >= 0.3 is 0 Å². The number of benzene rings is 2. The average molecular weight is 367 g/mol. The van der Waals surface area contributed by atoms with E-state index in [0.717, 1.165) is 16.9 Å². The molecule has 0 radical (unpaired) electrons. The van der Waals surface area contributed by atoms with E-state index in [2.05, 4.69) is 15.3 Å². The van der Waals surface area contributed by atoms with Crippen LogP contribution >= 0.6 is 11.6 Å². The molecule has 1 N–H and O–H groups in total. The van der Waals surface area contributed by atoms with Crippen molar-refractivity contribution in [1.82, 2.24) is 9.97 Å². The van der Waals surface area contributed by atoms with Gasteiger partial charge in [-0.05, 0) is 55.8 Å². The zero-order valence-corrected chi connectivity index (χ0v) is 15.4. The lowest BCUT2D eigenvalue weighted by Gasteiger charge is -2.21. The summed E-state index contributed by atoms with van der Waals surface area (Å²) in [5.74, 6) is 0.174. The number of halogens is 1. The smallest absolute Gasteiger partial charge is 0.277 e. The molecule has 26 heavy (non-hydrogen) atoms. The topological polar surface area (TPSA) is 58.1 Å². The Labute approximate surface area is 157 Å². The molecule has 0 spiro atoms. The van der Waals surface area contributed by atoms with Gasteiger partial charge in [-0.25, -0.2) is 9.97 Å². The Kier molecular flexibility index (Phi) is 5.49. The molecular formula is C20H19ClN4O. The maximum atomic E-state index is 12.9. The Morgan fingerprint density at radius 2 is 1.96 bits per heavy atom. The van der Waals surface area contributed by atoms with Gasteiger partial charge in [-0.15, -0.1) is 0 Å². The Bertz CT molecular complexity index is 929. The first kappa shape index (κ1) is 17.9. The van der Waals surface area contributed by atoms with Crippen LogP contribution in [-0.4, -0.2) is 22.4 Å². The first-order valence-corrected chi connectivity index (χ1v) is 8.69. The highest BCUT2D eigenvalue weighted by Crippen LogP contribution is 2.20. The third-order valence-corrected chi connectivity index (χ3v) is 4.07. The minimum atomic E-state index is -0.172. The number of nitrogens with one attached hydrogen (secondary N) is 1. The number of aryl methyl sites for hydroxylation is 1. The molecule has 0 aliphatic heterocycles. The van der Waals surface area contributed by atoms with Crippen LogP contribution in [0, 0.1) is 6.92 Å². The van der Waals surface area contributed by atoms with Gasteiger partial charge < -0.3 is 10.2 Å². The summed E-state index contributed by atoms with van der Waals surface area (Å²) in [5.41, 5.74) is 3.03. The standard InChI is InChI=1S/C20H19ClN4O/c1-3-25(17-9-4-6-14(2)12-17)19(26)18-10-11-22-20(24-18)23-16-8-5-7-15(21)13-16/h4-13H,3H2,1-2H3,(H,22,23,24).